The van der Waals surface area contributed by atoms with Gasteiger partial charge in [0.2, 0.25) is 5.88 Å². The van der Waals surface area contributed by atoms with Gasteiger partial charge < -0.3 is 19.1 Å². The van der Waals surface area contributed by atoms with Crippen molar-refractivity contribution in [1.82, 2.24) is 14.5 Å². The third kappa shape index (κ3) is 4.36. The molecule has 2 heterocycles. The minimum absolute atomic E-state index is 0.00610. The fourth-order valence-corrected chi connectivity index (χ4v) is 4.20. The fourth-order valence-electron chi connectivity index (χ4n) is 3.70. The SMILES string of the molecule is COc1cc(COc2ccccn2)c(Br)c2nc(-c3ccc(C(C)C)cc3)n(CCO)c12. The van der Waals surface area contributed by atoms with Gasteiger partial charge in [-0.25, -0.2) is 9.97 Å². The summed E-state index contributed by atoms with van der Waals surface area (Å²) in [5.74, 6) is 2.46. The predicted octanol–water partition coefficient (Wildman–Crippen LogP) is 5.56. The quantitative estimate of drug-likeness (QED) is 0.346. The molecule has 0 amide bonds. The first kappa shape index (κ1) is 22.3. The summed E-state index contributed by atoms with van der Waals surface area (Å²) in [4.78, 5) is 9.17. The number of hydrogen-bond donors (Lipinski definition) is 1. The minimum atomic E-state index is -0.00610. The predicted molar refractivity (Wildman–Crippen MR) is 129 cm³/mol. The van der Waals surface area contributed by atoms with Gasteiger partial charge in [-0.2, -0.15) is 0 Å². The van der Waals surface area contributed by atoms with Gasteiger partial charge in [-0.3, -0.25) is 0 Å². The Hall–Kier alpha value is -2.90. The van der Waals surface area contributed by atoms with E-state index in [-0.39, 0.29) is 6.61 Å². The van der Waals surface area contributed by atoms with E-state index >= 15 is 0 Å². The Morgan fingerprint density at radius 3 is 2.53 bits per heavy atom. The first-order chi connectivity index (χ1) is 15.5. The van der Waals surface area contributed by atoms with Gasteiger partial charge in [0.05, 0.1) is 18.2 Å². The maximum atomic E-state index is 9.76. The van der Waals surface area contributed by atoms with Crippen LogP contribution in [0, 0.1) is 0 Å². The van der Waals surface area contributed by atoms with E-state index in [0.717, 1.165) is 32.5 Å². The number of pyridine rings is 1. The average Bonchev–Trinajstić information content (AvgIpc) is 3.19. The first-order valence-electron chi connectivity index (χ1n) is 10.5. The Kier molecular flexibility index (Phi) is 6.77. The van der Waals surface area contributed by atoms with E-state index in [2.05, 4.69) is 59.0 Å². The molecule has 0 atom stereocenters. The molecule has 0 bridgehead atoms. The van der Waals surface area contributed by atoms with Crippen molar-refractivity contribution in [3.8, 4) is 23.0 Å². The van der Waals surface area contributed by atoms with Gasteiger partial charge in [0.25, 0.3) is 0 Å². The van der Waals surface area contributed by atoms with E-state index < -0.39 is 0 Å². The summed E-state index contributed by atoms with van der Waals surface area (Å²) in [5, 5.41) is 9.76. The normalized spacial score (nSPS) is 11.3. The van der Waals surface area contributed by atoms with Gasteiger partial charge in [-0.1, -0.05) is 44.2 Å². The lowest BCUT2D eigenvalue weighted by Crippen LogP contribution is -2.06. The number of hydrogen-bond acceptors (Lipinski definition) is 5. The largest absolute Gasteiger partial charge is 0.494 e. The first-order valence-corrected chi connectivity index (χ1v) is 11.3. The molecular formula is C25H26BrN3O3. The molecule has 166 valence electrons. The Bertz CT molecular complexity index is 1210. The highest BCUT2D eigenvalue weighted by molar-refractivity contribution is 9.10. The van der Waals surface area contributed by atoms with Crippen molar-refractivity contribution in [2.75, 3.05) is 13.7 Å². The second kappa shape index (κ2) is 9.71. The summed E-state index contributed by atoms with van der Waals surface area (Å²) < 4.78 is 14.4. The Balaban J connectivity index is 1.81. The van der Waals surface area contributed by atoms with Crippen molar-refractivity contribution in [1.29, 1.82) is 0 Å². The van der Waals surface area contributed by atoms with E-state index in [4.69, 9.17) is 14.5 Å². The lowest BCUT2D eigenvalue weighted by molar-refractivity contribution is 0.278. The Labute approximate surface area is 196 Å². The molecule has 0 radical (unpaired) electrons. The number of nitrogens with zero attached hydrogens (tertiary/aromatic N) is 3. The second-order valence-electron chi connectivity index (χ2n) is 7.79. The molecule has 0 aliphatic heterocycles. The van der Waals surface area contributed by atoms with Gasteiger partial charge in [0, 0.05) is 29.9 Å². The molecule has 7 heteroatoms. The van der Waals surface area contributed by atoms with Crippen molar-refractivity contribution in [2.24, 2.45) is 0 Å². The van der Waals surface area contributed by atoms with E-state index in [1.165, 1.54) is 5.56 Å². The summed E-state index contributed by atoms with van der Waals surface area (Å²) in [6.07, 6.45) is 1.70. The molecule has 2 aromatic heterocycles. The summed E-state index contributed by atoms with van der Waals surface area (Å²) in [6.45, 7) is 5.06. The molecule has 4 aromatic rings. The van der Waals surface area contributed by atoms with E-state index in [0.29, 0.717) is 30.7 Å². The number of ether oxygens (including phenoxy) is 2. The molecule has 0 saturated heterocycles. The van der Waals surface area contributed by atoms with Crippen molar-refractivity contribution in [2.45, 2.75) is 32.9 Å². The molecule has 0 aliphatic carbocycles. The smallest absolute Gasteiger partial charge is 0.213 e. The van der Waals surface area contributed by atoms with Crippen molar-refractivity contribution in [3.05, 3.63) is 70.3 Å². The van der Waals surface area contributed by atoms with Gasteiger partial charge in [-0.15, -0.1) is 0 Å². The van der Waals surface area contributed by atoms with Gasteiger partial charge in [0.1, 0.15) is 29.2 Å². The average molecular weight is 496 g/mol. The number of rotatable bonds is 8. The lowest BCUT2D eigenvalue weighted by Gasteiger charge is -2.13. The van der Waals surface area contributed by atoms with Crippen LogP contribution in [0.3, 0.4) is 0 Å². The zero-order valence-corrected chi connectivity index (χ0v) is 20.0. The molecule has 0 saturated carbocycles. The lowest BCUT2D eigenvalue weighted by atomic mass is 10.0. The molecule has 4 rings (SSSR count). The Morgan fingerprint density at radius 1 is 1.12 bits per heavy atom. The third-order valence-corrected chi connectivity index (χ3v) is 6.27. The number of aromatic nitrogens is 3. The molecule has 0 unspecified atom stereocenters. The topological polar surface area (TPSA) is 69.4 Å². The van der Waals surface area contributed by atoms with E-state index in [9.17, 15) is 5.11 Å². The van der Waals surface area contributed by atoms with Crippen LogP contribution in [-0.2, 0) is 13.2 Å². The van der Waals surface area contributed by atoms with Crippen molar-refractivity contribution < 1.29 is 14.6 Å². The van der Waals surface area contributed by atoms with Crippen molar-refractivity contribution >= 4 is 27.0 Å². The van der Waals surface area contributed by atoms with Gasteiger partial charge in [-0.05, 0) is 39.5 Å². The molecule has 0 aliphatic rings. The van der Waals surface area contributed by atoms with Gasteiger partial charge >= 0.3 is 0 Å². The maximum Gasteiger partial charge on any atom is 0.213 e. The number of methoxy groups -OCH3 is 1. The highest BCUT2D eigenvalue weighted by Gasteiger charge is 2.21. The van der Waals surface area contributed by atoms with Crippen LogP contribution in [0.4, 0.5) is 0 Å². The molecule has 0 spiro atoms. The molecule has 0 fully saturated rings. The fraction of sp³-hybridized carbons (Fsp3) is 0.280. The van der Waals surface area contributed by atoms with Gasteiger partial charge in [0.15, 0.2) is 0 Å². The standard InChI is InChI=1S/C25H26BrN3O3/c1-16(2)17-7-9-18(10-8-17)25-28-23-22(26)19(15-32-21-6-4-5-11-27-21)14-20(31-3)24(23)29(25)12-13-30/h4-11,14,16,30H,12-13,15H2,1-3H3. The van der Waals surface area contributed by atoms with Crippen LogP contribution in [0.5, 0.6) is 11.6 Å². The number of fused-ring (bicyclic) bond motifs is 1. The van der Waals surface area contributed by atoms with Crippen LogP contribution in [0.1, 0.15) is 30.9 Å². The van der Waals surface area contributed by atoms with Crippen LogP contribution in [0.25, 0.3) is 22.4 Å². The second-order valence-corrected chi connectivity index (χ2v) is 8.59. The van der Waals surface area contributed by atoms with Crippen LogP contribution in [0.15, 0.2) is 59.2 Å². The van der Waals surface area contributed by atoms with Crippen LogP contribution < -0.4 is 9.47 Å². The number of aliphatic hydroxyl groups is 1. The zero-order valence-electron chi connectivity index (χ0n) is 18.4. The zero-order chi connectivity index (χ0) is 22.7. The molecule has 32 heavy (non-hydrogen) atoms. The maximum absolute atomic E-state index is 9.76. The number of halogens is 1. The van der Waals surface area contributed by atoms with Crippen LogP contribution >= 0.6 is 15.9 Å². The third-order valence-electron chi connectivity index (χ3n) is 5.39. The summed E-state index contributed by atoms with van der Waals surface area (Å²) in [5.41, 5.74) is 4.75. The Morgan fingerprint density at radius 2 is 1.91 bits per heavy atom. The molecule has 1 N–H and O–H groups in total. The van der Waals surface area contributed by atoms with Crippen LogP contribution in [0.2, 0.25) is 0 Å². The highest BCUT2D eigenvalue weighted by Crippen LogP contribution is 2.38. The van der Waals surface area contributed by atoms with E-state index in [1.54, 1.807) is 13.3 Å². The number of aliphatic hydroxyl groups excluding tert-OH is 1. The minimum Gasteiger partial charge on any atom is -0.494 e. The van der Waals surface area contributed by atoms with Crippen molar-refractivity contribution in [3.63, 3.8) is 0 Å². The molecule has 2 aromatic carbocycles. The monoisotopic (exact) mass is 495 g/mol. The highest BCUT2D eigenvalue weighted by atomic mass is 79.9. The van der Waals surface area contributed by atoms with Crippen LogP contribution in [-0.4, -0.2) is 33.4 Å². The summed E-state index contributed by atoms with van der Waals surface area (Å²) >= 11 is 3.73. The summed E-state index contributed by atoms with van der Waals surface area (Å²) in [6, 6.07) is 15.9. The molecular weight excluding hydrogens is 470 g/mol. The number of benzene rings is 2. The number of imidazole rings is 1. The summed E-state index contributed by atoms with van der Waals surface area (Å²) in [7, 11) is 1.64. The van der Waals surface area contributed by atoms with E-state index in [1.807, 2.05) is 28.8 Å². The molecule has 6 nitrogen and oxygen atoms in total.